The summed E-state index contributed by atoms with van der Waals surface area (Å²) in [7, 11) is -0.610. The number of sulfonamides is 1. The monoisotopic (exact) mass is 788 g/mol. The van der Waals surface area contributed by atoms with Crippen molar-refractivity contribution in [2.75, 3.05) is 46.7 Å². The third-order valence-electron chi connectivity index (χ3n) is 9.58. The molecular formula is C37H62F2N6O8S. The molecule has 1 aromatic carbocycles. The molecule has 308 valence electrons. The first-order chi connectivity index (χ1) is 24.9. The van der Waals surface area contributed by atoms with Gasteiger partial charge in [-0.05, 0) is 54.2 Å². The zero-order valence-electron chi connectivity index (χ0n) is 33.7. The first-order valence-electron chi connectivity index (χ1n) is 18.4. The predicted octanol–water partition coefficient (Wildman–Crippen LogP) is 3.54. The number of benzene rings is 1. The van der Waals surface area contributed by atoms with E-state index in [4.69, 9.17) is 9.47 Å². The lowest BCUT2D eigenvalue weighted by Crippen LogP contribution is -2.62. The van der Waals surface area contributed by atoms with Crippen LogP contribution < -0.4 is 30.7 Å². The molecule has 1 saturated heterocycles. The van der Waals surface area contributed by atoms with Gasteiger partial charge < -0.3 is 35.6 Å². The molecule has 17 heteroatoms. The summed E-state index contributed by atoms with van der Waals surface area (Å²) in [5, 5.41) is 10.7. The van der Waals surface area contributed by atoms with Crippen molar-refractivity contribution < 1.29 is 45.9 Å². The van der Waals surface area contributed by atoms with Crippen LogP contribution >= 0.6 is 0 Å². The van der Waals surface area contributed by atoms with Gasteiger partial charge in [-0.3, -0.25) is 14.4 Å². The quantitative estimate of drug-likeness (QED) is 0.175. The normalized spacial score (nSPS) is 18.2. The van der Waals surface area contributed by atoms with E-state index >= 15 is 0 Å². The molecule has 1 aliphatic rings. The van der Waals surface area contributed by atoms with E-state index < -0.39 is 81.6 Å². The number of amides is 5. The van der Waals surface area contributed by atoms with Crippen LogP contribution in [0.25, 0.3) is 0 Å². The molecule has 0 bridgehead atoms. The molecular weight excluding hydrogens is 727 g/mol. The number of likely N-dealkylation sites (N-methyl/N-ethyl adjacent to an activating group) is 1. The molecule has 54 heavy (non-hydrogen) atoms. The van der Waals surface area contributed by atoms with Gasteiger partial charge in [-0.15, -0.1) is 0 Å². The van der Waals surface area contributed by atoms with Crippen LogP contribution in [0.2, 0.25) is 0 Å². The Balaban J connectivity index is 2.24. The molecule has 1 aliphatic heterocycles. The van der Waals surface area contributed by atoms with E-state index in [2.05, 4.69) is 21.3 Å². The summed E-state index contributed by atoms with van der Waals surface area (Å²) in [6.07, 6.45) is -1.54. The molecule has 2 rings (SSSR count). The fourth-order valence-electron chi connectivity index (χ4n) is 6.06. The number of rotatable bonds is 18. The number of hydrogen-bond donors (Lipinski definition) is 4. The van der Waals surface area contributed by atoms with Crippen LogP contribution in [-0.2, 0) is 30.8 Å². The van der Waals surface area contributed by atoms with Gasteiger partial charge in [0, 0.05) is 39.1 Å². The van der Waals surface area contributed by atoms with Crippen molar-refractivity contribution in [2.45, 2.75) is 112 Å². The predicted molar refractivity (Wildman–Crippen MR) is 203 cm³/mol. The number of hydrogen-bond acceptors (Lipinski definition) is 8. The molecule has 1 fully saturated rings. The van der Waals surface area contributed by atoms with Gasteiger partial charge in [-0.25, -0.2) is 26.3 Å². The lowest BCUT2D eigenvalue weighted by atomic mass is 9.85. The van der Waals surface area contributed by atoms with E-state index in [1.807, 2.05) is 34.6 Å². The lowest BCUT2D eigenvalue weighted by molar-refractivity contribution is -0.142. The van der Waals surface area contributed by atoms with Crippen LogP contribution in [0.5, 0.6) is 11.5 Å². The highest BCUT2D eigenvalue weighted by Crippen LogP contribution is 2.31. The molecule has 5 amide bonds. The van der Waals surface area contributed by atoms with Crippen molar-refractivity contribution in [3.8, 4) is 11.5 Å². The van der Waals surface area contributed by atoms with Crippen LogP contribution in [0.1, 0.15) is 80.2 Å². The molecule has 1 aromatic rings. The highest BCUT2D eigenvalue weighted by Gasteiger charge is 2.45. The van der Waals surface area contributed by atoms with E-state index in [9.17, 15) is 36.4 Å². The van der Waals surface area contributed by atoms with Gasteiger partial charge in [0.1, 0.15) is 18.1 Å². The largest absolute Gasteiger partial charge is 0.493 e. The zero-order valence-corrected chi connectivity index (χ0v) is 34.5. The highest BCUT2D eigenvalue weighted by atomic mass is 32.2. The average Bonchev–Trinajstić information content (AvgIpc) is 3.50. The first kappa shape index (κ1) is 46.4. The number of urea groups is 1. The zero-order chi connectivity index (χ0) is 41.2. The van der Waals surface area contributed by atoms with Gasteiger partial charge in [0.05, 0.1) is 20.0 Å². The molecule has 0 saturated carbocycles. The Bertz CT molecular complexity index is 1550. The molecule has 0 radical (unpaired) electrons. The van der Waals surface area contributed by atoms with Crippen molar-refractivity contribution in [1.29, 1.82) is 0 Å². The fourth-order valence-corrected chi connectivity index (χ4v) is 6.48. The molecule has 0 aromatic heterocycles. The maximum Gasteiger partial charge on any atom is 0.315 e. The summed E-state index contributed by atoms with van der Waals surface area (Å²) in [4.78, 5) is 56.1. The SMILES string of the molecule is CCOc1cc(CCNC(=O)[C@H](CC(F)F)NC(=O)[C@@H]2CC(CC)CN2C(=O)[C@@H](NC(=O)N[C@H](CN(C)S(C)(=O)=O)C(C)(C)C)C(C)(C)C)ccc1OC. The third-order valence-corrected chi connectivity index (χ3v) is 10.9. The first-order valence-corrected chi connectivity index (χ1v) is 20.2. The Morgan fingerprint density at radius 3 is 2.17 bits per heavy atom. The smallest absolute Gasteiger partial charge is 0.315 e. The van der Waals surface area contributed by atoms with E-state index in [0.29, 0.717) is 30.9 Å². The van der Waals surface area contributed by atoms with Crippen LogP contribution in [0.4, 0.5) is 13.6 Å². The third kappa shape index (κ3) is 13.8. The maximum atomic E-state index is 14.3. The van der Waals surface area contributed by atoms with Crippen molar-refractivity contribution in [1.82, 2.24) is 30.5 Å². The van der Waals surface area contributed by atoms with E-state index in [0.717, 1.165) is 16.1 Å². The topological polar surface area (TPSA) is 175 Å². The molecule has 14 nitrogen and oxygen atoms in total. The van der Waals surface area contributed by atoms with Gasteiger partial charge >= 0.3 is 6.03 Å². The Labute approximate surface area is 319 Å². The minimum atomic E-state index is -3.54. The molecule has 1 unspecified atom stereocenters. The summed E-state index contributed by atoms with van der Waals surface area (Å²) in [5.74, 6) is -1.09. The van der Waals surface area contributed by atoms with Gasteiger partial charge in [-0.2, -0.15) is 0 Å². The number of carbonyl (C=O) groups excluding carboxylic acids is 4. The molecule has 0 aliphatic carbocycles. The lowest BCUT2D eigenvalue weighted by Gasteiger charge is -2.37. The van der Waals surface area contributed by atoms with Crippen molar-refractivity contribution >= 4 is 33.8 Å². The van der Waals surface area contributed by atoms with Gasteiger partial charge in [0.15, 0.2) is 11.5 Å². The number of nitrogens with one attached hydrogen (secondary N) is 4. The number of halogens is 2. The van der Waals surface area contributed by atoms with E-state index in [-0.39, 0.29) is 32.0 Å². The number of ether oxygens (including phenoxy) is 2. The van der Waals surface area contributed by atoms with Crippen LogP contribution in [0.15, 0.2) is 18.2 Å². The Kier molecular flexibility index (Phi) is 17.0. The highest BCUT2D eigenvalue weighted by molar-refractivity contribution is 7.88. The van der Waals surface area contributed by atoms with E-state index in [1.54, 1.807) is 39.0 Å². The summed E-state index contributed by atoms with van der Waals surface area (Å²) >= 11 is 0. The van der Waals surface area contributed by atoms with Gasteiger partial charge in [0.25, 0.3) is 0 Å². The van der Waals surface area contributed by atoms with Crippen molar-refractivity contribution in [3.63, 3.8) is 0 Å². The number of methoxy groups -OCH3 is 1. The van der Waals surface area contributed by atoms with Gasteiger partial charge in [-0.1, -0.05) is 61.0 Å². The molecule has 5 atom stereocenters. The minimum Gasteiger partial charge on any atom is -0.493 e. The van der Waals surface area contributed by atoms with Crippen molar-refractivity contribution in [2.24, 2.45) is 16.7 Å². The second-order valence-electron chi connectivity index (χ2n) is 16.0. The second kappa shape index (κ2) is 19.7. The van der Waals surface area contributed by atoms with E-state index in [1.165, 1.54) is 19.1 Å². The van der Waals surface area contributed by atoms with Crippen LogP contribution in [-0.4, -0.2) is 119 Å². The van der Waals surface area contributed by atoms with Crippen LogP contribution in [0.3, 0.4) is 0 Å². The standard InChI is InChI=1S/C37H62F2N6O8S/c1-12-23-18-26(33(47)41-25(20-30(38)39)32(46)40-17-16-24-14-15-27(52-10)28(19-24)53-13-2)45(21-23)34(48)31(37(6,7)8)43-35(49)42-29(36(3,4)5)22-44(9)54(11,50)51/h14-15,19,23,25-26,29-31H,12-13,16-18,20-22H2,1-11H3,(H,40,46)(H,41,47)(H2,42,43,49)/t23?,25-,26-,29+,31+/m0/s1. The Hall–Kier alpha value is -3.73. The molecule has 4 N–H and O–H groups in total. The molecule has 1 heterocycles. The minimum absolute atomic E-state index is 0.0138. The maximum absolute atomic E-state index is 14.3. The summed E-state index contributed by atoms with van der Waals surface area (Å²) in [6, 6.07) is 0.199. The second-order valence-corrected chi connectivity index (χ2v) is 18.1. The number of carbonyl (C=O) groups is 4. The summed E-state index contributed by atoms with van der Waals surface area (Å²) < 4.78 is 63.7. The Morgan fingerprint density at radius 2 is 1.65 bits per heavy atom. The number of alkyl halides is 2. The average molecular weight is 789 g/mol. The Morgan fingerprint density at radius 1 is 1.00 bits per heavy atom. The van der Waals surface area contributed by atoms with Crippen molar-refractivity contribution in [3.05, 3.63) is 23.8 Å². The van der Waals surface area contributed by atoms with Crippen LogP contribution in [0, 0.1) is 16.7 Å². The number of likely N-dealkylation sites (tertiary alicyclic amines) is 1. The number of nitrogens with zero attached hydrogens (tertiary/aromatic N) is 2. The summed E-state index contributed by atoms with van der Waals surface area (Å²) in [5.41, 5.74) is -0.592. The fraction of sp³-hybridized carbons (Fsp3) is 0.730. The van der Waals surface area contributed by atoms with Gasteiger partial charge in [0.2, 0.25) is 34.2 Å². The molecule has 0 spiro atoms. The summed E-state index contributed by atoms with van der Waals surface area (Å²) in [6.45, 7) is 15.2.